The van der Waals surface area contributed by atoms with Crippen LogP contribution in [0.15, 0.2) is 36.7 Å². The van der Waals surface area contributed by atoms with Crippen LogP contribution < -0.4 is 10.6 Å². The van der Waals surface area contributed by atoms with Gasteiger partial charge in [0.1, 0.15) is 0 Å². The van der Waals surface area contributed by atoms with Crippen molar-refractivity contribution >= 4 is 11.6 Å². The smallest absolute Gasteiger partial charge is 0.249 e. The first-order chi connectivity index (χ1) is 11.7. The molecule has 1 aromatic carbocycles. The Kier molecular flexibility index (Phi) is 5.18. The molecule has 1 fully saturated rings. The number of carbonyl (C=O) groups excluding carboxylic acids is 1. The number of amides is 1. The van der Waals surface area contributed by atoms with Crippen LogP contribution in [0.3, 0.4) is 0 Å². The van der Waals surface area contributed by atoms with Gasteiger partial charge in [0, 0.05) is 30.9 Å². The third-order valence-electron chi connectivity index (χ3n) is 4.91. The summed E-state index contributed by atoms with van der Waals surface area (Å²) >= 11 is 0. The van der Waals surface area contributed by atoms with Gasteiger partial charge in [-0.1, -0.05) is 37.5 Å². The van der Waals surface area contributed by atoms with Crippen LogP contribution in [-0.2, 0) is 13.1 Å². The molecule has 1 amide bonds. The van der Waals surface area contributed by atoms with Gasteiger partial charge < -0.3 is 10.6 Å². The minimum absolute atomic E-state index is 0.363. The van der Waals surface area contributed by atoms with Crippen molar-refractivity contribution in [1.82, 2.24) is 9.78 Å². The van der Waals surface area contributed by atoms with E-state index in [1.165, 1.54) is 32.1 Å². The number of aromatic nitrogens is 2. The molecule has 0 radical (unpaired) electrons. The zero-order valence-electron chi connectivity index (χ0n) is 14.3. The molecule has 1 aliphatic rings. The fourth-order valence-electron chi connectivity index (χ4n) is 3.58. The summed E-state index contributed by atoms with van der Waals surface area (Å²) in [5, 5.41) is 4.43. The first kappa shape index (κ1) is 16.6. The summed E-state index contributed by atoms with van der Waals surface area (Å²) in [7, 11) is 0. The monoisotopic (exact) mass is 326 g/mol. The highest BCUT2D eigenvalue weighted by Gasteiger charge is 2.24. The highest BCUT2D eigenvalue weighted by Crippen LogP contribution is 2.29. The van der Waals surface area contributed by atoms with E-state index in [4.69, 9.17) is 5.73 Å². The van der Waals surface area contributed by atoms with E-state index in [-0.39, 0.29) is 5.91 Å². The van der Waals surface area contributed by atoms with Gasteiger partial charge in [-0.05, 0) is 31.4 Å². The Bertz CT molecular complexity index is 688. The predicted molar refractivity (Wildman–Crippen MR) is 95.9 cm³/mol. The second kappa shape index (κ2) is 7.51. The molecule has 5 heteroatoms. The molecule has 0 aliphatic heterocycles. The second-order valence-electron chi connectivity index (χ2n) is 6.50. The van der Waals surface area contributed by atoms with Crippen LogP contribution in [0.4, 0.5) is 5.69 Å². The number of anilines is 1. The summed E-state index contributed by atoms with van der Waals surface area (Å²) in [5.41, 5.74) is 8.29. The minimum Gasteiger partial charge on any atom is -0.366 e. The van der Waals surface area contributed by atoms with Gasteiger partial charge in [-0.3, -0.25) is 9.48 Å². The minimum atomic E-state index is -0.363. The van der Waals surface area contributed by atoms with Crippen molar-refractivity contribution in [3.8, 4) is 0 Å². The Morgan fingerprint density at radius 3 is 2.71 bits per heavy atom. The van der Waals surface area contributed by atoms with E-state index in [2.05, 4.69) is 23.1 Å². The number of primary amides is 1. The van der Waals surface area contributed by atoms with Crippen LogP contribution >= 0.6 is 0 Å². The van der Waals surface area contributed by atoms with Crippen LogP contribution in [-0.4, -0.2) is 21.7 Å². The molecule has 2 aromatic rings. The molecule has 128 valence electrons. The fraction of sp³-hybridized carbons (Fsp3) is 0.474. The van der Waals surface area contributed by atoms with Crippen LogP contribution in [0.5, 0.6) is 0 Å². The second-order valence-corrected chi connectivity index (χ2v) is 6.50. The maximum atomic E-state index is 11.8. The Balaban J connectivity index is 1.91. The number of rotatable bonds is 6. The molecule has 0 spiro atoms. The summed E-state index contributed by atoms with van der Waals surface area (Å²) < 4.78 is 1.95. The van der Waals surface area contributed by atoms with E-state index in [1.54, 1.807) is 0 Å². The van der Waals surface area contributed by atoms with Gasteiger partial charge in [0.05, 0.1) is 11.9 Å². The van der Waals surface area contributed by atoms with Crippen molar-refractivity contribution in [2.75, 3.05) is 4.90 Å². The van der Waals surface area contributed by atoms with Gasteiger partial charge in [-0.2, -0.15) is 5.10 Å². The molecule has 5 nitrogen and oxygen atoms in total. The van der Waals surface area contributed by atoms with Crippen molar-refractivity contribution in [3.05, 3.63) is 47.8 Å². The summed E-state index contributed by atoms with van der Waals surface area (Å²) in [6.07, 6.45) is 10.3. The number of aryl methyl sites for hydroxylation is 1. The zero-order chi connectivity index (χ0) is 16.9. The van der Waals surface area contributed by atoms with Gasteiger partial charge in [0.15, 0.2) is 0 Å². The average Bonchev–Trinajstić information content (AvgIpc) is 3.09. The van der Waals surface area contributed by atoms with E-state index in [9.17, 15) is 4.79 Å². The third kappa shape index (κ3) is 3.61. The molecule has 0 saturated heterocycles. The lowest BCUT2D eigenvalue weighted by atomic mass is 9.93. The van der Waals surface area contributed by atoms with Gasteiger partial charge >= 0.3 is 0 Å². The maximum Gasteiger partial charge on any atom is 0.249 e. The Hall–Kier alpha value is -2.30. The van der Waals surface area contributed by atoms with Gasteiger partial charge in [-0.15, -0.1) is 0 Å². The average molecular weight is 326 g/mol. The summed E-state index contributed by atoms with van der Waals surface area (Å²) in [6, 6.07) is 8.14. The lowest BCUT2D eigenvalue weighted by Gasteiger charge is -2.35. The molecule has 0 bridgehead atoms. The molecule has 0 unspecified atom stereocenters. The number of hydrogen-bond donors (Lipinski definition) is 1. The van der Waals surface area contributed by atoms with Gasteiger partial charge in [-0.25, -0.2) is 0 Å². The first-order valence-corrected chi connectivity index (χ1v) is 8.86. The van der Waals surface area contributed by atoms with Crippen molar-refractivity contribution in [1.29, 1.82) is 0 Å². The van der Waals surface area contributed by atoms with Crippen LogP contribution in [0.2, 0.25) is 0 Å². The molecule has 2 N–H and O–H groups in total. The van der Waals surface area contributed by atoms with Crippen LogP contribution in [0.25, 0.3) is 0 Å². The summed E-state index contributed by atoms with van der Waals surface area (Å²) in [4.78, 5) is 14.2. The lowest BCUT2D eigenvalue weighted by Crippen LogP contribution is -2.36. The van der Waals surface area contributed by atoms with Gasteiger partial charge in [0.25, 0.3) is 0 Å². The third-order valence-corrected chi connectivity index (χ3v) is 4.91. The SMILES string of the molecule is CCn1cc(N(Cc2ccccc2C(N)=O)C2CCCCC2)cn1. The number of nitrogens with two attached hydrogens (primary N) is 1. The van der Waals surface area contributed by atoms with E-state index < -0.39 is 0 Å². The van der Waals surface area contributed by atoms with E-state index in [1.807, 2.05) is 35.1 Å². The maximum absolute atomic E-state index is 11.8. The number of carbonyl (C=O) groups is 1. The normalized spacial score (nSPS) is 15.4. The van der Waals surface area contributed by atoms with Crippen LogP contribution in [0, 0.1) is 0 Å². The number of benzene rings is 1. The van der Waals surface area contributed by atoms with Gasteiger partial charge in [0.2, 0.25) is 5.91 Å². The highest BCUT2D eigenvalue weighted by atomic mass is 16.1. The quantitative estimate of drug-likeness (QED) is 0.885. The van der Waals surface area contributed by atoms with Crippen molar-refractivity contribution in [3.63, 3.8) is 0 Å². The van der Waals surface area contributed by atoms with E-state index in [0.29, 0.717) is 18.2 Å². The van der Waals surface area contributed by atoms with E-state index in [0.717, 1.165) is 17.8 Å². The van der Waals surface area contributed by atoms with Crippen LogP contribution in [0.1, 0.15) is 54.9 Å². The predicted octanol–water partition coefficient (Wildman–Crippen LogP) is 3.34. The topological polar surface area (TPSA) is 64.2 Å². The number of hydrogen-bond acceptors (Lipinski definition) is 3. The Labute approximate surface area is 143 Å². The molecule has 1 heterocycles. The largest absolute Gasteiger partial charge is 0.366 e. The molecule has 1 aliphatic carbocycles. The molecule has 3 rings (SSSR count). The van der Waals surface area contributed by atoms with E-state index >= 15 is 0 Å². The highest BCUT2D eigenvalue weighted by molar-refractivity contribution is 5.94. The fourth-order valence-corrected chi connectivity index (χ4v) is 3.58. The molecule has 0 atom stereocenters. The Morgan fingerprint density at radius 1 is 1.29 bits per heavy atom. The zero-order valence-corrected chi connectivity index (χ0v) is 14.3. The molecule has 1 aromatic heterocycles. The summed E-state index contributed by atoms with van der Waals surface area (Å²) in [6.45, 7) is 3.64. The Morgan fingerprint density at radius 2 is 2.04 bits per heavy atom. The van der Waals surface area contributed by atoms with Crippen molar-refractivity contribution < 1.29 is 4.79 Å². The van der Waals surface area contributed by atoms with Crippen molar-refractivity contribution in [2.24, 2.45) is 5.73 Å². The first-order valence-electron chi connectivity index (χ1n) is 8.86. The number of nitrogens with zero attached hydrogens (tertiary/aromatic N) is 3. The molecule has 24 heavy (non-hydrogen) atoms. The molecule has 1 saturated carbocycles. The molecular weight excluding hydrogens is 300 g/mol. The summed E-state index contributed by atoms with van der Waals surface area (Å²) in [5.74, 6) is -0.363. The molecular formula is C19H26N4O. The lowest BCUT2D eigenvalue weighted by molar-refractivity contribution is 0.0999. The standard InChI is InChI=1S/C19H26N4O/c1-2-22-14-17(12-21-22)23(16-9-4-3-5-10-16)13-15-8-6-7-11-18(15)19(20)24/h6-8,11-12,14,16H,2-5,9-10,13H2,1H3,(H2,20,24). The van der Waals surface area contributed by atoms with Crippen molar-refractivity contribution in [2.45, 2.75) is 58.2 Å².